The van der Waals surface area contributed by atoms with Gasteiger partial charge in [0.05, 0.1) is 6.04 Å². The van der Waals surface area contributed by atoms with Crippen LogP contribution in [0.2, 0.25) is 0 Å². The molecule has 1 aliphatic carbocycles. The van der Waals surface area contributed by atoms with E-state index in [0.717, 1.165) is 44.3 Å². The van der Waals surface area contributed by atoms with Crippen LogP contribution in [0.25, 0.3) is 0 Å². The third-order valence-corrected chi connectivity index (χ3v) is 5.73. The predicted octanol–water partition coefficient (Wildman–Crippen LogP) is 2.64. The van der Waals surface area contributed by atoms with Gasteiger partial charge < -0.3 is 9.80 Å². The van der Waals surface area contributed by atoms with Gasteiger partial charge in [-0.3, -0.25) is 14.6 Å². The van der Waals surface area contributed by atoms with E-state index in [9.17, 15) is 9.59 Å². The molecule has 0 spiro atoms. The first-order valence-electron chi connectivity index (χ1n) is 9.03. The van der Waals surface area contributed by atoms with Gasteiger partial charge in [0.1, 0.15) is 0 Å². The fraction of sp³-hybridized carbons (Fsp3) is 0.632. The second kappa shape index (κ2) is 7.32. The van der Waals surface area contributed by atoms with Gasteiger partial charge in [0.15, 0.2) is 0 Å². The molecule has 2 amide bonds. The maximum absolute atomic E-state index is 12.8. The Labute approximate surface area is 144 Å². The Kier molecular flexibility index (Phi) is 5.17. The first kappa shape index (κ1) is 16.9. The van der Waals surface area contributed by atoms with E-state index < -0.39 is 0 Å². The Morgan fingerprint density at radius 2 is 1.75 bits per heavy atom. The maximum atomic E-state index is 12.8. The van der Waals surface area contributed by atoms with Crippen molar-refractivity contribution in [2.24, 2.45) is 11.8 Å². The van der Waals surface area contributed by atoms with Crippen molar-refractivity contribution in [1.82, 2.24) is 14.8 Å². The van der Waals surface area contributed by atoms with Crippen molar-refractivity contribution >= 4 is 11.8 Å². The first-order valence-corrected chi connectivity index (χ1v) is 9.03. The van der Waals surface area contributed by atoms with Gasteiger partial charge >= 0.3 is 0 Å². The van der Waals surface area contributed by atoms with E-state index in [1.807, 2.05) is 35.9 Å². The van der Waals surface area contributed by atoms with Crippen LogP contribution >= 0.6 is 0 Å². The average molecular weight is 329 g/mol. The number of hydrogen-bond acceptors (Lipinski definition) is 3. The summed E-state index contributed by atoms with van der Waals surface area (Å²) in [5.41, 5.74) is 1.10. The highest BCUT2D eigenvalue weighted by molar-refractivity contribution is 5.81. The number of likely N-dealkylation sites (tertiary alicyclic amines) is 1. The fourth-order valence-corrected chi connectivity index (χ4v) is 3.60. The highest BCUT2D eigenvalue weighted by atomic mass is 16.2. The van der Waals surface area contributed by atoms with Crippen molar-refractivity contribution < 1.29 is 9.59 Å². The van der Waals surface area contributed by atoms with Crippen LogP contribution in [0.15, 0.2) is 24.5 Å². The minimum Gasteiger partial charge on any atom is -0.342 e. The number of carbonyl (C=O) groups is 2. The molecule has 0 bridgehead atoms. The van der Waals surface area contributed by atoms with Gasteiger partial charge in [-0.25, -0.2) is 0 Å². The third kappa shape index (κ3) is 3.45. The molecule has 5 nitrogen and oxygen atoms in total. The second-order valence-corrected chi connectivity index (χ2v) is 7.13. The van der Waals surface area contributed by atoms with Crippen molar-refractivity contribution in [3.05, 3.63) is 30.1 Å². The number of carbonyl (C=O) groups excluding carboxylic acids is 2. The molecule has 130 valence electrons. The van der Waals surface area contributed by atoms with Crippen molar-refractivity contribution in [1.29, 1.82) is 0 Å². The van der Waals surface area contributed by atoms with Crippen LogP contribution in [0.1, 0.15) is 50.6 Å². The van der Waals surface area contributed by atoms with E-state index in [4.69, 9.17) is 0 Å². The van der Waals surface area contributed by atoms with E-state index in [-0.39, 0.29) is 23.8 Å². The van der Waals surface area contributed by atoms with Crippen LogP contribution in [0.5, 0.6) is 0 Å². The largest absolute Gasteiger partial charge is 0.342 e. The van der Waals surface area contributed by atoms with Crippen molar-refractivity contribution in [2.45, 2.75) is 45.1 Å². The van der Waals surface area contributed by atoms with Crippen LogP contribution in [0.3, 0.4) is 0 Å². The molecule has 5 heteroatoms. The van der Waals surface area contributed by atoms with Gasteiger partial charge in [0.25, 0.3) is 0 Å². The predicted molar refractivity (Wildman–Crippen MR) is 92.1 cm³/mol. The second-order valence-electron chi connectivity index (χ2n) is 7.13. The number of pyridine rings is 1. The minimum atomic E-state index is 0.0322. The number of nitrogens with zero attached hydrogens (tertiary/aromatic N) is 3. The van der Waals surface area contributed by atoms with Gasteiger partial charge in [-0.1, -0.05) is 6.42 Å². The normalized spacial score (nSPS) is 20.3. The van der Waals surface area contributed by atoms with E-state index >= 15 is 0 Å². The van der Waals surface area contributed by atoms with Crippen LogP contribution < -0.4 is 0 Å². The molecule has 0 N–H and O–H groups in total. The molecule has 0 radical (unpaired) electrons. The Morgan fingerprint density at radius 3 is 2.29 bits per heavy atom. The molecule has 24 heavy (non-hydrogen) atoms. The zero-order valence-corrected chi connectivity index (χ0v) is 14.6. The van der Waals surface area contributed by atoms with E-state index in [2.05, 4.69) is 4.98 Å². The Hall–Kier alpha value is -1.91. The molecule has 1 aromatic heterocycles. The average Bonchev–Trinajstić information content (AvgIpc) is 2.59. The highest BCUT2D eigenvalue weighted by Crippen LogP contribution is 2.31. The lowest BCUT2D eigenvalue weighted by Gasteiger charge is -2.37. The van der Waals surface area contributed by atoms with Gasteiger partial charge in [-0.05, 0) is 50.3 Å². The fourth-order valence-electron chi connectivity index (χ4n) is 3.60. The molecule has 1 aromatic rings. The zero-order chi connectivity index (χ0) is 17.1. The lowest BCUT2D eigenvalue weighted by atomic mass is 9.83. The smallest absolute Gasteiger partial charge is 0.226 e. The molecule has 2 fully saturated rings. The SMILES string of the molecule is CC(c1ccncc1)N(C)C(=O)C1CCN(C(=O)C2CCC2)CC1. The first-order chi connectivity index (χ1) is 11.6. The lowest BCUT2D eigenvalue weighted by Crippen LogP contribution is -2.46. The van der Waals surface area contributed by atoms with Gasteiger partial charge in [0, 0.05) is 44.4 Å². The molecule has 0 aromatic carbocycles. The molecular weight excluding hydrogens is 302 g/mol. The number of hydrogen-bond donors (Lipinski definition) is 0. The topological polar surface area (TPSA) is 53.5 Å². The summed E-state index contributed by atoms with van der Waals surface area (Å²) in [4.78, 5) is 32.9. The molecule has 1 atom stereocenters. The molecule has 1 aliphatic heterocycles. The molecule has 2 aliphatic rings. The summed E-state index contributed by atoms with van der Waals surface area (Å²) in [5.74, 6) is 0.789. The Morgan fingerprint density at radius 1 is 1.12 bits per heavy atom. The third-order valence-electron chi connectivity index (χ3n) is 5.73. The van der Waals surface area contributed by atoms with E-state index in [1.54, 1.807) is 12.4 Å². The monoisotopic (exact) mass is 329 g/mol. The summed E-state index contributed by atoms with van der Waals surface area (Å²) in [6.45, 7) is 3.49. The maximum Gasteiger partial charge on any atom is 0.226 e. The Bertz CT molecular complexity index is 578. The van der Waals surface area contributed by atoms with Gasteiger partial charge in [-0.15, -0.1) is 0 Å². The minimum absolute atomic E-state index is 0.0322. The van der Waals surface area contributed by atoms with Crippen molar-refractivity contribution in [3.63, 3.8) is 0 Å². The number of rotatable bonds is 4. The molecule has 1 unspecified atom stereocenters. The summed E-state index contributed by atoms with van der Waals surface area (Å²) >= 11 is 0. The summed E-state index contributed by atoms with van der Waals surface area (Å²) in [6.07, 6.45) is 8.36. The Balaban J connectivity index is 1.53. The van der Waals surface area contributed by atoms with Crippen LogP contribution in [0.4, 0.5) is 0 Å². The van der Waals surface area contributed by atoms with Crippen LogP contribution in [-0.4, -0.2) is 46.7 Å². The number of aromatic nitrogens is 1. The van der Waals surface area contributed by atoms with E-state index in [0.29, 0.717) is 5.91 Å². The lowest BCUT2D eigenvalue weighted by molar-refractivity contribution is -0.144. The summed E-state index contributed by atoms with van der Waals surface area (Å²) < 4.78 is 0. The number of amides is 2. The molecule has 2 heterocycles. The quantitative estimate of drug-likeness (QED) is 0.853. The van der Waals surface area contributed by atoms with Gasteiger partial charge in [0.2, 0.25) is 11.8 Å². The van der Waals surface area contributed by atoms with Crippen LogP contribution in [-0.2, 0) is 9.59 Å². The van der Waals surface area contributed by atoms with Crippen molar-refractivity contribution in [2.75, 3.05) is 20.1 Å². The molecular formula is C19H27N3O2. The highest BCUT2D eigenvalue weighted by Gasteiger charge is 2.34. The summed E-state index contributed by atoms with van der Waals surface area (Å²) in [6, 6.07) is 3.94. The zero-order valence-electron chi connectivity index (χ0n) is 14.6. The van der Waals surface area contributed by atoms with Crippen LogP contribution in [0, 0.1) is 11.8 Å². The molecule has 3 rings (SSSR count). The van der Waals surface area contributed by atoms with Crippen molar-refractivity contribution in [3.8, 4) is 0 Å². The molecule has 1 saturated heterocycles. The molecule has 1 saturated carbocycles. The summed E-state index contributed by atoms with van der Waals surface area (Å²) in [5, 5.41) is 0. The van der Waals surface area contributed by atoms with Gasteiger partial charge in [-0.2, -0.15) is 0 Å². The number of piperidine rings is 1. The standard InChI is InChI=1S/C19H27N3O2/c1-14(15-6-10-20-11-7-15)21(2)18(23)17-8-12-22(13-9-17)19(24)16-4-3-5-16/h6-7,10-11,14,16-17H,3-5,8-9,12-13H2,1-2H3. The summed E-state index contributed by atoms with van der Waals surface area (Å²) in [7, 11) is 1.87. The van der Waals surface area contributed by atoms with E-state index in [1.165, 1.54) is 6.42 Å².